The molecule has 0 aromatic heterocycles. The molecule has 1 saturated heterocycles. The van der Waals surface area contributed by atoms with Crippen molar-refractivity contribution in [2.45, 2.75) is 11.7 Å². The Hall–Kier alpha value is -4.56. The molecule has 0 radical (unpaired) electrons. The zero-order valence-corrected chi connectivity index (χ0v) is 19.2. The number of carbonyl (C=O) groups excluding carboxylic acids is 2. The Bertz CT molecular complexity index is 1420. The summed E-state index contributed by atoms with van der Waals surface area (Å²) in [6.45, 7) is 0. The summed E-state index contributed by atoms with van der Waals surface area (Å²) < 4.78 is 26.8. The van der Waals surface area contributed by atoms with Crippen molar-refractivity contribution in [3.8, 4) is 6.07 Å². The highest BCUT2D eigenvalue weighted by molar-refractivity contribution is 8.05. The van der Waals surface area contributed by atoms with Gasteiger partial charge in [-0.2, -0.15) is 5.26 Å². The van der Waals surface area contributed by atoms with E-state index < -0.39 is 33.6 Å². The average Bonchev–Trinajstić information content (AvgIpc) is 3.17. The molecule has 4 rings (SSSR count). The van der Waals surface area contributed by atoms with Crippen molar-refractivity contribution in [1.29, 1.82) is 5.26 Å². The number of carbonyl (C=O) groups is 2. The minimum Gasteiger partial charge on any atom is -0.321 e. The van der Waals surface area contributed by atoms with Crippen LogP contribution in [0, 0.1) is 33.1 Å². The zero-order valence-electron chi connectivity index (χ0n) is 18.4. The third-order valence-electron chi connectivity index (χ3n) is 5.23. The Morgan fingerprint density at radius 3 is 2.33 bits per heavy atom. The van der Waals surface area contributed by atoms with E-state index >= 15 is 0 Å². The number of amides is 2. The van der Waals surface area contributed by atoms with Crippen molar-refractivity contribution >= 4 is 40.6 Å². The molecule has 11 heteroatoms. The van der Waals surface area contributed by atoms with E-state index in [1.165, 1.54) is 42.5 Å². The summed E-state index contributed by atoms with van der Waals surface area (Å²) in [5.74, 6) is -2.33. The number of benzene rings is 3. The van der Waals surface area contributed by atoms with Gasteiger partial charge in [0, 0.05) is 23.5 Å². The summed E-state index contributed by atoms with van der Waals surface area (Å²) in [7, 11) is 0. The SMILES string of the molecule is N#CC(C(=O)Nc1ccc(F)cc1)=C1SC(Cc2cccc([N+](=O)[O-])c2)C(=O)N1c1ccc(F)cc1. The minimum atomic E-state index is -0.817. The average molecular weight is 506 g/mol. The molecule has 0 aliphatic carbocycles. The van der Waals surface area contributed by atoms with Crippen LogP contribution in [0.3, 0.4) is 0 Å². The maximum absolute atomic E-state index is 13.5. The fourth-order valence-corrected chi connectivity index (χ4v) is 4.86. The molecule has 1 fully saturated rings. The van der Waals surface area contributed by atoms with Crippen LogP contribution in [0.15, 0.2) is 83.4 Å². The number of hydrogen-bond donors (Lipinski definition) is 1. The van der Waals surface area contributed by atoms with Gasteiger partial charge in [-0.15, -0.1) is 0 Å². The number of nitrogens with zero attached hydrogens (tertiary/aromatic N) is 3. The second kappa shape index (κ2) is 10.4. The first kappa shape index (κ1) is 24.6. The first-order chi connectivity index (χ1) is 17.3. The van der Waals surface area contributed by atoms with Gasteiger partial charge in [-0.05, 0) is 60.5 Å². The van der Waals surface area contributed by atoms with Gasteiger partial charge in [-0.3, -0.25) is 24.6 Å². The second-order valence-electron chi connectivity index (χ2n) is 7.64. The van der Waals surface area contributed by atoms with Gasteiger partial charge in [0.1, 0.15) is 28.3 Å². The monoisotopic (exact) mass is 506 g/mol. The maximum Gasteiger partial charge on any atom is 0.269 e. The number of hydrogen-bond acceptors (Lipinski definition) is 6. The van der Waals surface area contributed by atoms with Crippen LogP contribution in [-0.4, -0.2) is 22.0 Å². The van der Waals surface area contributed by atoms with Crippen LogP contribution < -0.4 is 10.2 Å². The van der Waals surface area contributed by atoms with E-state index in [2.05, 4.69) is 5.32 Å². The number of nitro benzene ring substituents is 1. The van der Waals surface area contributed by atoms with Gasteiger partial charge in [0.25, 0.3) is 11.6 Å². The van der Waals surface area contributed by atoms with Crippen molar-refractivity contribution in [3.05, 3.63) is 111 Å². The molecule has 2 amide bonds. The number of halogens is 2. The smallest absolute Gasteiger partial charge is 0.269 e. The molecule has 3 aromatic rings. The molecular formula is C25H16F2N4O4S. The van der Waals surface area contributed by atoms with Crippen LogP contribution >= 0.6 is 11.8 Å². The van der Waals surface area contributed by atoms with Crippen molar-refractivity contribution in [1.82, 2.24) is 0 Å². The van der Waals surface area contributed by atoms with Crippen LogP contribution in [0.1, 0.15) is 5.56 Å². The lowest BCUT2D eigenvalue weighted by Crippen LogP contribution is -2.31. The molecule has 0 saturated carbocycles. The van der Waals surface area contributed by atoms with Crippen LogP contribution in [-0.2, 0) is 16.0 Å². The minimum absolute atomic E-state index is 0.0316. The van der Waals surface area contributed by atoms with E-state index in [0.29, 0.717) is 5.56 Å². The molecule has 36 heavy (non-hydrogen) atoms. The predicted molar refractivity (Wildman–Crippen MR) is 130 cm³/mol. The zero-order chi connectivity index (χ0) is 25.8. The molecule has 0 spiro atoms. The lowest BCUT2D eigenvalue weighted by Gasteiger charge is -2.18. The topological polar surface area (TPSA) is 116 Å². The van der Waals surface area contributed by atoms with Crippen LogP contribution in [0.2, 0.25) is 0 Å². The fraction of sp³-hybridized carbons (Fsp3) is 0.0800. The molecule has 1 aliphatic heterocycles. The Morgan fingerprint density at radius 2 is 1.72 bits per heavy atom. The number of nitrogens with one attached hydrogen (secondary N) is 1. The van der Waals surface area contributed by atoms with Gasteiger partial charge in [0.15, 0.2) is 0 Å². The summed E-state index contributed by atoms with van der Waals surface area (Å²) in [6.07, 6.45) is 0.0880. The predicted octanol–water partition coefficient (Wildman–Crippen LogP) is 4.94. The molecule has 0 bridgehead atoms. The standard InChI is InChI=1S/C25H16F2N4O4S/c26-16-4-8-18(9-5-16)29-23(32)21(14-28)25-30(19-10-6-17(27)7-11-19)24(33)22(36-25)13-15-2-1-3-20(12-15)31(34)35/h1-12,22H,13H2,(H,29,32). The van der Waals surface area contributed by atoms with E-state index in [1.54, 1.807) is 6.07 Å². The Labute approximate surface area is 208 Å². The second-order valence-corrected chi connectivity index (χ2v) is 8.83. The summed E-state index contributed by atoms with van der Waals surface area (Å²) in [6, 6.07) is 17.6. The lowest BCUT2D eigenvalue weighted by atomic mass is 10.1. The van der Waals surface area contributed by atoms with Crippen molar-refractivity contribution in [2.75, 3.05) is 10.2 Å². The van der Waals surface area contributed by atoms with E-state index in [4.69, 9.17) is 0 Å². The third-order valence-corrected chi connectivity index (χ3v) is 6.50. The molecule has 1 N–H and O–H groups in total. The van der Waals surface area contributed by atoms with Gasteiger partial charge >= 0.3 is 0 Å². The first-order valence-corrected chi connectivity index (χ1v) is 11.4. The summed E-state index contributed by atoms with van der Waals surface area (Å²) in [5.41, 5.74) is 0.497. The summed E-state index contributed by atoms with van der Waals surface area (Å²) in [4.78, 5) is 38.1. The van der Waals surface area contributed by atoms with Gasteiger partial charge < -0.3 is 5.32 Å². The lowest BCUT2D eigenvalue weighted by molar-refractivity contribution is -0.384. The highest BCUT2D eigenvalue weighted by atomic mass is 32.2. The number of anilines is 2. The molecule has 1 aliphatic rings. The molecule has 1 atom stereocenters. The molecule has 8 nitrogen and oxygen atoms in total. The highest BCUT2D eigenvalue weighted by Crippen LogP contribution is 2.42. The number of non-ortho nitro benzene ring substituents is 1. The molecule has 1 unspecified atom stereocenters. The fourth-order valence-electron chi connectivity index (χ4n) is 3.55. The number of rotatable bonds is 6. The third kappa shape index (κ3) is 5.24. The molecule has 3 aromatic carbocycles. The molecule has 1 heterocycles. The normalized spacial score (nSPS) is 16.4. The maximum atomic E-state index is 13.5. The van der Waals surface area contributed by atoms with Crippen molar-refractivity contribution in [2.24, 2.45) is 0 Å². The van der Waals surface area contributed by atoms with Crippen LogP contribution in [0.5, 0.6) is 0 Å². The molecule has 180 valence electrons. The van der Waals surface area contributed by atoms with Gasteiger partial charge in [-0.1, -0.05) is 23.9 Å². The van der Waals surface area contributed by atoms with Crippen molar-refractivity contribution in [3.63, 3.8) is 0 Å². The highest BCUT2D eigenvalue weighted by Gasteiger charge is 2.41. The Morgan fingerprint density at radius 1 is 1.08 bits per heavy atom. The number of nitro groups is 1. The van der Waals surface area contributed by atoms with Gasteiger partial charge in [-0.25, -0.2) is 8.78 Å². The Balaban J connectivity index is 1.72. The summed E-state index contributed by atoms with van der Waals surface area (Å²) >= 11 is 0.958. The Kier molecular flexibility index (Phi) is 7.07. The number of thioether (sulfide) groups is 1. The quantitative estimate of drug-likeness (QED) is 0.219. The van der Waals surface area contributed by atoms with E-state index in [0.717, 1.165) is 40.9 Å². The van der Waals surface area contributed by atoms with Gasteiger partial charge in [0.2, 0.25) is 5.91 Å². The van der Waals surface area contributed by atoms with Crippen LogP contribution in [0.4, 0.5) is 25.8 Å². The van der Waals surface area contributed by atoms with Crippen LogP contribution in [0.25, 0.3) is 0 Å². The number of nitriles is 1. The van der Waals surface area contributed by atoms with E-state index in [1.807, 2.05) is 6.07 Å². The van der Waals surface area contributed by atoms with Crippen molar-refractivity contribution < 1.29 is 23.3 Å². The van der Waals surface area contributed by atoms with E-state index in [-0.39, 0.29) is 34.1 Å². The van der Waals surface area contributed by atoms with Gasteiger partial charge in [0.05, 0.1) is 10.2 Å². The van der Waals surface area contributed by atoms with E-state index in [9.17, 15) is 33.7 Å². The summed E-state index contributed by atoms with van der Waals surface area (Å²) in [5, 5.41) is 22.7. The largest absolute Gasteiger partial charge is 0.321 e. The first-order valence-electron chi connectivity index (χ1n) is 10.5. The molecular weight excluding hydrogens is 490 g/mol.